The van der Waals surface area contributed by atoms with Crippen LogP contribution in [0.4, 0.5) is 4.39 Å². The fraction of sp³-hybridized carbons (Fsp3) is 0.238. The third-order valence-corrected chi connectivity index (χ3v) is 3.98. The Labute approximate surface area is 167 Å². The fourth-order valence-corrected chi connectivity index (χ4v) is 2.65. The van der Waals surface area contributed by atoms with Crippen LogP contribution in [0.2, 0.25) is 0 Å². The highest BCUT2D eigenvalue weighted by Crippen LogP contribution is 2.36. The third-order valence-electron chi connectivity index (χ3n) is 3.98. The molecule has 2 heterocycles. The van der Waals surface area contributed by atoms with Crippen LogP contribution in [-0.4, -0.2) is 34.6 Å². The second-order valence-electron chi connectivity index (χ2n) is 5.94. The van der Waals surface area contributed by atoms with Gasteiger partial charge in [0.2, 0.25) is 5.88 Å². The lowest BCUT2D eigenvalue weighted by Crippen LogP contribution is -2.06. The van der Waals surface area contributed by atoms with Crippen LogP contribution in [0.1, 0.15) is 19.2 Å². The van der Waals surface area contributed by atoms with E-state index in [9.17, 15) is 9.18 Å². The maximum Gasteiger partial charge on any atom is 0.306 e. The smallest absolute Gasteiger partial charge is 0.306 e. The molecule has 0 unspecified atom stereocenters. The lowest BCUT2D eigenvalue weighted by Gasteiger charge is -2.13. The van der Waals surface area contributed by atoms with E-state index in [1.165, 1.54) is 31.6 Å². The van der Waals surface area contributed by atoms with E-state index in [0.717, 1.165) is 0 Å². The number of hydrogen-bond acceptors (Lipinski definition) is 7. The first-order valence-electron chi connectivity index (χ1n) is 9.04. The molecule has 3 rings (SSSR count). The van der Waals surface area contributed by atoms with E-state index in [4.69, 9.17) is 14.2 Å². The molecule has 0 saturated heterocycles. The van der Waals surface area contributed by atoms with Crippen molar-refractivity contribution >= 4 is 5.97 Å². The van der Waals surface area contributed by atoms with Crippen molar-refractivity contribution in [3.63, 3.8) is 0 Å². The molecule has 0 amide bonds. The van der Waals surface area contributed by atoms with Gasteiger partial charge >= 0.3 is 5.97 Å². The Morgan fingerprint density at radius 2 is 1.90 bits per heavy atom. The summed E-state index contributed by atoms with van der Waals surface area (Å²) in [6.45, 7) is 2.10. The van der Waals surface area contributed by atoms with Crippen molar-refractivity contribution in [2.75, 3.05) is 13.7 Å². The molecule has 29 heavy (non-hydrogen) atoms. The fourth-order valence-electron chi connectivity index (χ4n) is 2.65. The molecule has 0 bridgehead atoms. The largest absolute Gasteiger partial charge is 0.496 e. The number of benzene rings is 1. The van der Waals surface area contributed by atoms with Gasteiger partial charge in [-0.2, -0.15) is 0 Å². The monoisotopic (exact) mass is 397 g/mol. The number of aromatic nitrogens is 3. The first-order chi connectivity index (χ1) is 14.1. The van der Waals surface area contributed by atoms with Gasteiger partial charge < -0.3 is 14.2 Å². The molecule has 0 N–H and O–H groups in total. The van der Waals surface area contributed by atoms with Gasteiger partial charge in [0.05, 0.1) is 32.5 Å². The van der Waals surface area contributed by atoms with Gasteiger partial charge in [-0.3, -0.25) is 4.79 Å². The Morgan fingerprint density at radius 3 is 2.62 bits per heavy atom. The standard InChI is InChI=1S/C21H20FN3O4/c1-3-28-20(26)9-8-19-24-12-15(13-25-19)29-21-17(5-4-10-23-21)16-7-6-14(22)11-18(16)27-2/h4-7,10-13H,3,8-9H2,1-2H3. The third kappa shape index (κ3) is 5.25. The SMILES string of the molecule is CCOC(=O)CCc1ncc(Oc2ncccc2-c2ccc(F)cc2OC)cn1. The van der Waals surface area contributed by atoms with Crippen LogP contribution in [0.3, 0.4) is 0 Å². The lowest BCUT2D eigenvalue weighted by atomic mass is 10.1. The molecule has 0 spiro atoms. The summed E-state index contributed by atoms with van der Waals surface area (Å²) in [7, 11) is 1.47. The molecular formula is C21H20FN3O4. The van der Waals surface area contributed by atoms with Gasteiger partial charge in [0, 0.05) is 29.8 Å². The molecule has 0 radical (unpaired) electrons. The molecule has 0 saturated carbocycles. The van der Waals surface area contributed by atoms with Gasteiger partial charge in [-0.25, -0.2) is 19.3 Å². The van der Waals surface area contributed by atoms with Crippen LogP contribution >= 0.6 is 0 Å². The molecular weight excluding hydrogens is 377 g/mol. The number of nitrogens with zero attached hydrogens (tertiary/aromatic N) is 3. The van der Waals surface area contributed by atoms with Gasteiger partial charge in [0.25, 0.3) is 0 Å². The van der Waals surface area contributed by atoms with E-state index in [2.05, 4.69) is 15.0 Å². The van der Waals surface area contributed by atoms with Crippen molar-refractivity contribution in [3.8, 4) is 28.5 Å². The second-order valence-corrected chi connectivity index (χ2v) is 5.94. The number of pyridine rings is 1. The van der Waals surface area contributed by atoms with Crippen LogP contribution in [0.25, 0.3) is 11.1 Å². The average molecular weight is 397 g/mol. The number of rotatable bonds is 8. The van der Waals surface area contributed by atoms with Gasteiger partial charge in [-0.1, -0.05) is 0 Å². The summed E-state index contributed by atoms with van der Waals surface area (Å²) >= 11 is 0. The highest BCUT2D eigenvalue weighted by Gasteiger charge is 2.14. The topological polar surface area (TPSA) is 83.4 Å². The van der Waals surface area contributed by atoms with Crippen molar-refractivity contribution in [1.29, 1.82) is 0 Å². The van der Waals surface area contributed by atoms with Crippen molar-refractivity contribution in [1.82, 2.24) is 15.0 Å². The number of carbonyl (C=O) groups is 1. The Hall–Kier alpha value is -3.55. The van der Waals surface area contributed by atoms with E-state index >= 15 is 0 Å². The van der Waals surface area contributed by atoms with Crippen molar-refractivity contribution in [2.24, 2.45) is 0 Å². The van der Waals surface area contributed by atoms with Gasteiger partial charge in [-0.05, 0) is 31.2 Å². The Kier molecular flexibility index (Phi) is 6.67. The molecule has 2 aromatic heterocycles. The van der Waals surface area contributed by atoms with Crippen molar-refractivity contribution < 1.29 is 23.4 Å². The van der Waals surface area contributed by atoms with Gasteiger partial charge in [0.15, 0.2) is 5.75 Å². The maximum atomic E-state index is 13.5. The predicted molar refractivity (Wildman–Crippen MR) is 103 cm³/mol. The molecule has 1 aromatic carbocycles. The average Bonchev–Trinajstić information content (AvgIpc) is 2.74. The zero-order valence-electron chi connectivity index (χ0n) is 16.1. The molecule has 0 fully saturated rings. The molecule has 150 valence electrons. The minimum Gasteiger partial charge on any atom is -0.496 e. The van der Waals surface area contributed by atoms with Crippen LogP contribution in [0, 0.1) is 5.82 Å². The number of hydrogen-bond donors (Lipinski definition) is 0. The first-order valence-corrected chi connectivity index (χ1v) is 9.04. The summed E-state index contributed by atoms with van der Waals surface area (Å²) in [5.41, 5.74) is 1.28. The zero-order valence-corrected chi connectivity index (χ0v) is 16.1. The molecule has 7 nitrogen and oxygen atoms in total. The van der Waals surface area contributed by atoms with Crippen LogP contribution < -0.4 is 9.47 Å². The highest BCUT2D eigenvalue weighted by molar-refractivity contribution is 5.74. The predicted octanol–water partition coefficient (Wildman–Crippen LogP) is 3.97. The second kappa shape index (κ2) is 9.59. The number of ether oxygens (including phenoxy) is 3. The molecule has 3 aromatic rings. The van der Waals surface area contributed by atoms with Crippen LogP contribution in [-0.2, 0) is 16.0 Å². The number of carbonyl (C=O) groups excluding carboxylic acids is 1. The van der Waals surface area contributed by atoms with E-state index in [1.807, 2.05) is 0 Å². The summed E-state index contributed by atoms with van der Waals surface area (Å²) in [6.07, 6.45) is 5.19. The summed E-state index contributed by atoms with van der Waals surface area (Å²) in [5.74, 6) is 0.873. The van der Waals surface area contributed by atoms with E-state index in [0.29, 0.717) is 47.4 Å². The summed E-state index contributed by atoms with van der Waals surface area (Å²) < 4.78 is 29.5. The Balaban J connectivity index is 1.77. The van der Waals surface area contributed by atoms with E-state index < -0.39 is 5.82 Å². The van der Waals surface area contributed by atoms with E-state index in [-0.39, 0.29) is 12.4 Å². The molecule has 0 aliphatic rings. The summed E-state index contributed by atoms with van der Waals surface area (Å²) in [4.78, 5) is 24.1. The highest BCUT2D eigenvalue weighted by atomic mass is 19.1. The summed E-state index contributed by atoms with van der Waals surface area (Å²) in [6, 6.07) is 7.79. The molecule has 0 atom stereocenters. The van der Waals surface area contributed by atoms with Crippen LogP contribution in [0.5, 0.6) is 17.4 Å². The minimum atomic E-state index is -0.399. The van der Waals surface area contributed by atoms with E-state index in [1.54, 1.807) is 31.3 Å². The maximum absolute atomic E-state index is 13.5. The molecule has 8 heteroatoms. The minimum absolute atomic E-state index is 0.211. The van der Waals surface area contributed by atoms with Crippen molar-refractivity contribution in [2.45, 2.75) is 19.8 Å². The number of halogens is 1. The number of methoxy groups -OCH3 is 1. The number of aryl methyl sites for hydroxylation is 1. The van der Waals surface area contributed by atoms with Gasteiger partial charge in [-0.15, -0.1) is 0 Å². The molecule has 0 aliphatic heterocycles. The molecule has 0 aliphatic carbocycles. The quantitative estimate of drug-likeness (QED) is 0.532. The van der Waals surface area contributed by atoms with Gasteiger partial charge in [0.1, 0.15) is 17.4 Å². The Bertz CT molecular complexity index is 980. The van der Waals surface area contributed by atoms with Crippen LogP contribution in [0.15, 0.2) is 48.9 Å². The normalized spacial score (nSPS) is 10.4. The lowest BCUT2D eigenvalue weighted by molar-refractivity contribution is -0.143. The zero-order chi connectivity index (χ0) is 20.6. The summed E-state index contributed by atoms with van der Waals surface area (Å²) in [5, 5.41) is 0. The first kappa shape index (κ1) is 20.2. The van der Waals surface area contributed by atoms with Crippen molar-refractivity contribution in [3.05, 3.63) is 60.6 Å². The number of esters is 1. The Morgan fingerprint density at radius 1 is 1.10 bits per heavy atom.